The third-order valence-corrected chi connectivity index (χ3v) is 2.16. The maximum Gasteiger partial charge on any atom is 0.103 e. The lowest BCUT2D eigenvalue weighted by Gasteiger charge is -2.13. The van der Waals surface area contributed by atoms with Gasteiger partial charge in [-0.05, 0) is 24.5 Å². The van der Waals surface area contributed by atoms with E-state index in [2.05, 4.69) is 13.8 Å². The maximum atomic E-state index is 5.89. The molecule has 1 aromatic rings. The van der Waals surface area contributed by atoms with Gasteiger partial charge in [-0.15, -0.1) is 0 Å². The van der Waals surface area contributed by atoms with Gasteiger partial charge in [-0.1, -0.05) is 13.8 Å². The number of hydrogen-bond acceptors (Lipinski definition) is 2. The van der Waals surface area contributed by atoms with Crippen molar-refractivity contribution in [2.24, 2.45) is 11.7 Å². The molecule has 1 rings (SSSR count). The number of hydrogen-bond donors (Lipinski definition) is 1. The summed E-state index contributed by atoms with van der Waals surface area (Å²) >= 11 is 0. The zero-order chi connectivity index (χ0) is 8.97. The van der Waals surface area contributed by atoms with Crippen molar-refractivity contribution in [2.75, 3.05) is 0 Å². The summed E-state index contributed by atoms with van der Waals surface area (Å²) in [6.07, 6.45) is 3.66. The van der Waals surface area contributed by atoms with Crippen LogP contribution in [0.1, 0.15) is 26.0 Å². The van der Waals surface area contributed by atoms with E-state index in [0.717, 1.165) is 18.6 Å². The molecule has 0 amide bonds. The Morgan fingerprint density at radius 2 is 2.25 bits per heavy atom. The zero-order valence-corrected chi connectivity index (χ0v) is 7.79. The van der Waals surface area contributed by atoms with Crippen molar-refractivity contribution < 1.29 is 4.42 Å². The van der Waals surface area contributed by atoms with E-state index in [9.17, 15) is 0 Å². The fourth-order valence-corrected chi connectivity index (χ4v) is 1.10. The highest BCUT2D eigenvalue weighted by atomic mass is 16.3. The Balaban J connectivity index is 2.27. The average molecular weight is 167 g/mol. The number of nitrogens with two attached hydrogens (primary N) is 1. The summed E-state index contributed by atoms with van der Waals surface area (Å²) in [6.45, 7) is 4.29. The summed E-state index contributed by atoms with van der Waals surface area (Å²) in [6, 6.07) is 4.19. The van der Waals surface area contributed by atoms with Crippen LogP contribution in [0.25, 0.3) is 0 Å². The third kappa shape index (κ3) is 2.70. The van der Waals surface area contributed by atoms with Crippen molar-refractivity contribution >= 4 is 0 Å². The monoisotopic (exact) mass is 167 g/mol. The smallest absolute Gasteiger partial charge is 0.103 e. The SMILES string of the molecule is CC(C)[C@@H](N)CCc1ccco1. The van der Waals surface area contributed by atoms with Crippen LogP contribution in [0.15, 0.2) is 22.8 Å². The van der Waals surface area contributed by atoms with E-state index < -0.39 is 0 Å². The molecule has 0 saturated carbocycles. The van der Waals surface area contributed by atoms with Crippen molar-refractivity contribution in [2.45, 2.75) is 32.7 Å². The van der Waals surface area contributed by atoms with Crippen molar-refractivity contribution in [1.82, 2.24) is 0 Å². The minimum Gasteiger partial charge on any atom is -0.469 e. The predicted octanol–water partition coefficient (Wildman–Crippen LogP) is 2.20. The van der Waals surface area contributed by atoms with Gasteiger partial charge in [-0.25, -0.2) is 0 Å². The minimum absolute atomic E-state index is 0.287. The van der Waals surface area contributed by atoms with Gasteiger partial charge in [0.15, 0.2) is 0 Å². The molecule has 0 spiro atoms. The molecule has 1 aromatic heterocycles. The van der Waals surface area contributed by atoms with Gasteiger partial charge in [0.25, 0.3) is 0 Å². The van der Waals surface area contributed by atoms with Crippen LogP contribution in [-0.2, 0) is 6.42 Å². The molecule has 0 radical (unpaired) electrons. The highest BCUT2D eigenvalue weighted by Gasteiger charge is 2.07. The van der Waals surface area contributed by atoms with E-state index in [-0.39, 0.29) is 6.04 Å². The third-order valence-electron chi connectivity index (χ3n) is 2.16. The lowest BCUT2D eigenvalue weighted by atomic mass is 10.00. The minimum atomic E-state index is 0.287. The van der Waals surface area contributed by atoms with Crippen LogP contribution in [0.2, 0.25) is 0 Å². The molecule has 2 heteroatoms. The molecule has 1 heterocycles. The van der Waals surface area contributed by atoms with Crippen LogP contribution in [0.3, 0.4) is 0 Å². The Kier molecular flexibility index (Phi) is 3.35. The number of rotatable bonds is 4. The molecule has 0 unspecified atom stereocenters. The highest BCUT2D eigenvalue weighted by molar-refractivity contribution is 4.98. The molecule has 0 fully saturated rings. The molecule has 12 heavy (non-hydrogen) atoms. The Morgan fingerprint density at radius 1 is 1.50 bits per heavy atom. The summed E-state index contributed by atoms with van der Waals surface area (Å²) in [7, 11) is 0. The number of aryl methyl sites for hydroxylation is 1. The molecular weight excluding hydrogens is 150 g/mol. The second kappa shape index (κ2) is 4.31. The van der Waals surface area contributed by atoms with Gasteiger partial charge in [0.1, 0.15) is 5.76 Å². The second-order valence-corrected chi connectivity index (χ2v) is 3.53. The maximum absolute atomic E-state index is 5.89. The molecule has 2 nitrogen and oxygen atoms in total. The Labute approximate surface area is 73.8 Å². The van der Waals surface area contributed by atoms with Crippen molar-refractivity contribution in [1.29, 1.82) is 0 Å². The van der Waals surface area contributed by atoms with Gasteiger partial charge in [0.05, 0.1) is 6.26 Å². The van der Waals surface area contributed by atoms with Crippen LogP contribution < -0.4 is 5.73 Å². The standard InChI is InChI=1S/C10H17NO/c1-8(2)10(11)6-5-9-4-3-7-12-9/h3-4,7-8,10H,5-6,11H2,1-2H3/t10-/m0/s1. The lowest BCUT2D eigenvalue weighted by molar-refractivity contribution is 0.433. The first-order valence-corrected chi connectivity index (χ1v) is 4.48. The zero-order valence-electron chi connectivity index (χ0n) is 7.79. The number of furan rings is 1. The molecule has 0 bridgehead atoms. The van der Waals surface area contributed by atoms with Crippen LogP contribution in [0.4, 0.5) is 0 Å². The molecule has 2 N–H and O–H groups in total. The molecule has 0 aliphatic carbocycles. The molecule has 68 valence electrons. The van der Waals surface area contributed by atoms with Gasteiger partial charge in [0, 0.05) is 12.5 Å². The van der Waals surface area contributed by atoms with Crippen LogP contribution in [-0.4, -0.2) is 6.04 Å². The Hall–Kier alpha value is -0.760. The summed E-state index contributed by atoms with van der Waals surface area (Å²) < 4.78 is 5.21. The molecule has 0 aliphatic heterocycles. The Bertz CT molecular complexity index is 204. The molecule has 1 atom stereocenters. The van der Waals surface area contributed by atoms with E-state index in [1.54, 1.807) is 6.26 Å². The van der Waals surface area contributed by atoms with Crippen LogP contribution in [0, 0.1) is 5.92 Å². The van der Waals surface area contributed by atoms with Crippen LogP contribution in [0.5, 0.6) is 0 Å². The van der Waals surface area contributed by atoms with E-state index in [1.807, 2.05) is 12.1 Å². The molecular formula is C10H17NO. The van der Waals surface area contributed by atoms with E-state index in [1.165, 1.54) is 0 Å². The molecule has 0 aliphatic rings. The van der Waals surface area contributed by atoms with Crippen molar-refractivity contribution in [3.63, 3.8) is 0 Å². The topological polar surface area (TPSA) is 39.2 Å². The first kappa shape index (κ1) is 9.33. The lowest BCUT2D eigenvalue weighted by Crippen LogP contribution is -2.26. The van der Waals surface area contributed by atoms with Gasteiger partial charge < -0.3 is 10.2 Å². The van der Waals surface area contributed by atoms with E-state index in [4.69, 9.17) is 10.2 Å². The summed E-state index contributed by atoms with van der Waals surface area (Å²) in [5, 5.41) is 0. The fraction of sp³-hybridized carbons (Fsp3) is 0.600. The van der Waals surface area contributed by atoms with Crippen molar-refractivity contribution in [3.8, 4) is 0 Å². The van der Waals surface area contributed by atoms with E-state index in [0.29, 0.717) is 5.92 Å². The van der Waals surface area contributed by atoms with Gasteiger partial charge in [-0.2, -0.15) is 0 Å². The fourth-order valence-electron chi connectivity index (χ4n) is 1.10. The quantitative estimate of drug-likeness (QED) is 0.746. The van der Waals surface area contributed by atoms with Crippen molar-refractivity contribution in [3.05, 3.63) is 24.2 Å². The Morgan fingerprint density at radius 3 is 2.75 bits per heavy atom. The summed E-state index contributed by atoms with van der Waals surface area (Å²) in [5.41, 5.74) is 5.89. The largest absolute Gasteiger partial charge is 0.469 e. The first-order chi connectivity index (χ1) is 5.70. The highest BCUT2D eigenvalue weighted by Crippen LogP contribution is 2.09. The molecule has 0 aromatic carbocycles. The molecule has 0 saturated heterocycles. The van der Waals surface area contributed by atoms with E-state index >= 15 is 0 Å². The summed E-state index contributed by atoms with van der Waals surface area (Å²) in [4.78, 5) is 0. The first-order valence-electron chi connectivity index (χ1n) is 4.48. The predicted molar refractivity (Wildman–Crippen MR) is 49.8 cm³/mol. The van der Waals surface area contributed by atoms with Crippen LogP contribution >= 0.6 is 0 Å². The normalized spacial score (nSPS) is 13.7. The second-order valence-electron chi connectivity index (χ2n) is 3.53. The van der Waals surface area contributed by atoms with Gasteiger partial charge in [0.2, 0.25) is 0 Å². The van der Waals surface area contributed by atoms with Gasteiger partial charge in [-0.3, -0.25) is 0 Å². The van der Waals surface area contributed by atoms with Gasteiger partial charge >= 0.3 is 0 Å². The average Bonchev–Trinajstić information content (AvgIpc) is 2.51. The summed E-state index contributed by atoms with van der Waals surface area (Å²) in [5.74, 6) is 1.59.